The summed E-state index contributed by atoms with van der Waals surface area (Å²) >= 11 is 5.58. The molecule has 0 bridgehead atoms. The van der Waals surface area contributed by atoms with Crippen molar-refractivity contribution in [3.8, 4) is 33.4 Å². The molecule has 13 heterocycles. The van der Waals surface area contributed by atoms with Crippen LogP contribution in [0.5, 0.6) is 0 Å². The molecule has 0 aliphatic rings. The minimum absolute atomic E-state index is 0.905. The van der Waals surface area contributed by atoms with E-state index in [2.05, 4.69) is 304 Å². The second-order valence-electron chi connectivity index (χ2n) is 32.6. The van der Waals surface area contributed by atoms with E-state index < -0.39 is 0 Å². The second kappa shape index (κ2) is 24.5. The second-order valence-corrected chi connectivity index (χ2v) is 35.8. The average molecular weight is 1620 g/mol. The van der Waals surface area contributed by atoms with Crippen molar-refractivity contribution in [2.24, 2.45) is 0 Å². The van der Waals surface area contributed by atoms with E-state index in [-0.39, 0.29) is 0 Å². The van der Waals surface area contributed by atoms with Gasteiger partial charge in [-0.2, -0.15) is 0 Å². The maximum atomic E-state index is 6.45. The Balaban J connectivity index is 0.0000000928. The minimum atomic E-state index is 0.905. The molecule has 566 valence electrons. The number of furan rings is 1. The van der Waals surface area contributed by atoms with Gasteiger partial charge in [0.05, 0.1) is 66.2 Å². The number of aromatic nitrogens is 9. The van der Waals surface area contributed by atoms with Gasteiger partial charge in [0.15, 0.2) is 16.9 Å². The van der Waals surface area contributed by atoms with Crippen LogP contribution < -0.4 is 0 Å². The summed E-state index contributed by atoms with van der Waals surface area (Å²) in [5.41, 5.74) is 27.3. The normalized spacial score (nSPS) is 12.6. The zero-order valence-corrected chi connectivity index (χ0v) is 67.5. The smallest absolute Gasteiger partial charge is 0.165 e. The highest BCUT2D eigenvalue weighted by Gasteiger charge is 2.30. The van der Waals surface area contributed by atoms with E-state index in [1.807, 2.05) is 88.6 Å². The van der Waals surface area contributed by atoms with Crippen molar-refractivity contribution in [3.63, 3.8) is 0 Å². The molecule has 0 radical (unpaired) electrons. The van der Waals surface area contributed by atoms with Crippen LogP contribution in [-0.4, -0.2) is 43.1 Å². The first kappa shape index (κ1) is 66.3. The Labute approximate surface area is 707 Å². The maximum absolute atomic E-state index is 6.45. The topological polar surface area (TPSA) is 104 Å². The Morgan fingerprint density at radius 3 is 1.06 bits per heavy atom. The lowest BCUT2D eigenvalue weighted by Crippen LogP contribution is -1.89. The van der Waals surface area contributed by atoms with Gasteiger partial charge in [-0.05, 0) is 171 Å². The Bertz CT molecular complexity index is 10100. The van der Waals surface area contributed by atoms with E-state index >= 15 is 0 Å². The molecule has 31 aromatic rings. The van der Waals surface area contributed by atoms with Crippen LogP contribution in [0.4, 0.5) is 0 Å². The number of fused-ring (bicyclic) bond motifs is 38. The fourth-order valence-corrected chi connectivity index (χ4v) is 24.2. The Morgan fingerprint density at radius 2 is 0.561 bits per heavy atom. The van der Waals surface area contributed by atoms with Crippen molar-refractivity contribution in [2.45, 2.75) is 0 Å². The monoisotopic (exact) mass is 1620 g/mol. The molecule has 0 unspecified atom stereocenters. The van der Waals surface area contributed by atoms with Gasteiger partial charge in [-0.1, -0.05) is 224 Å². The van der Waals surface area contributed by atoms with Crippen LogP contribution in [0.25, 0.3) is 286 Å². The number of thiophene rings is 3. The largest absolute Gasteiger partial charge is 0.455 e. The molecule has 10 nitrogen and oxygen atoms in total. The molecule has 0 aliphatic carbocycles. The molecule has 13 aromatic heterocycles. The van der Waals surface area contributed by atoms with Crippen LogP contribution in [0.1, 0.15) is 0 Å². The predicted octanol–water partition coefficient (Wildman–Crippen LogP) is 30.7. The van der Waals surface area contributed by atoms with Gasteiger partial charge < -0.3 is 4.42 Å². The Morgan fingerprint density at radius 1 is 0.211 bits per heavy atom. The van der Waals surface area contributed by atoms with Gasteiger partial charge >= 0.3 is 0 Å². The SMILES string of the molecule is c1ccc2c(-c3ccc4c(c3)c3c5c(cc6c7nc8ccccc8nc7n4c63)sc3ccccc35)cccc2c1.c1ccc2cc(-c3ccc4c(c3)c3c5c(cc6c7nc8ccccc8nc7n4c63)sc3ccccc35)ccc2c1.c1ccc2nc3c(nc2c1)c1cc2sc4ccccc4c2c2c4cc(-c5cccc6c5oc5ccccc56)ccc4n3c12. The van der Waals surface area contributed by atoms with Gasteiger partial charge in [0.25, 0.3) is 0 Å². The molecule has 18 aromatic carbocycles. The van der Waals surface area contributed by atoms with Crippen LogP contribution in [0, 0.1) is 0 Å². The molecular weight excluding hydrogens is 1560 g/mol. The first-order chi connectivity index (χ1) is 61.0. The highest BCUT2D eigenvalue weighted by Crippen LogP contribution is 2.53. The predicted molar refractivity (Wildman–Crippen MR) is 520 cm³/mol. The summed E-state index contributed by atoms with van der Waals surface area (Å²) in [7, 11) is 0. The summed E-state index contributed by atoms with van der Waals surface area (Å²) in [4.78, 5) is 31.0. The average Bonchev–Trinajstić information content (AvgIpc) is 1.53. The Hall–Kier alpha value is -15.6. The molecular formula is C110H57N9OS3. The van der Waals surface area contributed by atoms with Crippen LogP contribution >= 0.6 is 34.0 Å². The van der Waals surface area contributed by atoms with E-state index in [0.29, 0.717) is 0 Å². The summed E-state index contributed by atoms with van der Waals surface area (Å²) in [5.74, 6) is 0. The lowest BCUT2D eigenvalue weighted by molar-refractivity contribution is 0.670. The van der Waals surface area contributed by atoms with Crippen LogP contribution in [0.2, 0.25) is 0 Å². The standard InChI is InChI=1S/C38H19N3OS.2C36H19N3S/c1-5-14-30-22(8-1)23-11-7-10-21(37(23)42-30)20-16-17-29-25(18-20)34-33-24-9-2-6-15-31(24)43-32(33)19-26-35-38(41(29)36(26)34)40-28-13-4-3-12-27(28)39-35;1-2-10-22-20(8-1)9-7-12-23(22)21-16-17-29-25(18-21)33-32-24-11-3-6-15-30(24)40-31(32)19-26-34-36(39(29)35(26)33)38-28-14-5-4-13-27(28)37-34;1-2-8-21-17-22(14-13-20(21)7-1)23-15-16-29-25(18-23)33-32-24-9-3-6-12-30(24)40-31(32)19-26-34-36(39(29)35(26)33)38-28-11-5-4-10-27(28)37-34/h1-19H;2*1-19H. The van der Waals surface area contributed by atoms with Crippen LogP contribution in [0.3, 0.4) is 0 Å². The van der Waals surface area contributed by atoms with E-state index in [1.165, 1.54) is 175 Å². The summed E-state index contributed by atoms with van der Waals surface area (Å²) in [6, 6.07) is 124. The van der Waals surface area contributed by atoms with Crippen molar-refractivity contribution in [1.82, 2.24) is 43.1 Å². The molecule has 0 saturated carbocycles. The summed E-state index contributed by atoms with van der Waals surface area (Å²) in [6.45, 7) is 0. The number of benzene rings is 18. The van der Waals surface area contributed by atoms with Crippen molar-refractivity contribution in [1.29, 1.82) is 0 Å². The summed E-state index contributed by atoms with van der Waals surface area (Å²) in [6.07, 6.45) is 0. The lowest BCUT2D eigenvalue weighted by atomic mass is 9.96. The number of hydrogen-bond donors (Lipinski definition) is 0. The molecule has 0 fully saturated rings. The minimum Gasteiger partial charge on any atom is -0.455 e. The van der Waals surface area contributed by atoms with E-state index in [0.717, 1.165) is 111 Å². The van der Waals surface area contributed by atoms with E-state index in [4.69, 9.17) is 34.3 Å². The summed E-state index contributed by atoms with van der Waals surface area (Å²) in [5, 5.41) is 26.3. The third-order valence-corrected chi connectivity index (χ3v) is 29.4. The van der Waals surface area contributed by atoms with Gasteiger partial charge in [-0.3, -0.25) is 13.2 Å². The van der Waals surface area contributed by atoms with Crippen LogP contribution in [-0.2, 0) is 0 Å². The van der Waals surface area contributed by atoms with Gasteiger partial charge in [0.2, 0.25) is 0 Å². The van der Waals surface area contributed by atoms with Crippen molar-refractivity contribution < 1.29 is 4.42 Å². The fraction of sp³-hybridized carbons (Fsp3) is 0. The molecule has 0 spiro atoms. The molecule has 31 rings (SSSR count). The highest BCUT2D eigenvalue weighted by atomic mass is 32.1. The summed E-state index contributed by atoms with van der Waals surface area (Å²) < 4.78 is 21.3. The number of hydrogen-bond acceptors (Lipinski definition) is 10. The molecule has 0 amide bonds. The highest BCUT2D eigenvalue weighted by molar-refractivity contribution is 7.27. The van der Waals surface area contributed by atoms with Gasteiger partial charge in [-0.25, -0.2) is 29.9 Å². The first-order valence-corrected chi connectivity index (χ1v) is 43.9. The van der Waals surface area contributed by atoms with Crippen molar-refractivity contribution >= 4 is 286 Å². The maximum Gasteiger partial charge on any atom is 0.165 e. The molecule has 0 aliphatic heterocycles. The van der Waals surface area contributed by atoms with Gasteiger partial charge in [0.1, 0.15) is 27.7 Å². The lowest BCUT2D eigenvalue weighted by Gasteiger charge is -2.08. The Kier molecular flexibility index (Phi) is 13.2. The first-order valence-electron chi connectivity index (χ1n) is 41.4. The van der Waals surface area contributed by atoms with E-state index in [9.17, 15) is 0 Å². The molecule has 123 heavy (non-hydrogen) atoms. The van der Waals surface area contributed by atoms with Crippen LogP contribution in [0.15, 0.2) is 350 Å². The van der Waals surface area contributed by atoms with E-state index in [1.54, 1.807) is 0 Å². The fourth-order valence-electron chi connectivity index (χ4n) is 20.8. The van der Waals surface area contributed by atoms with Gasteiger partial charge in [0, 0.05) is 125 Å². The molecule has 0 N–H and O–H groups in total. The number of rotatable bonds is 3. The van der Waals surface area contributed by atoms with Crippen molar-refractivity contribution in [2.75, 3.05) is 0 Å². The third-order valence-electron chi connectivity index (χ3n) is 26.1. The number of para-hydroxylation sites is 8. The zero-order chi connectivity index (χ0) is 79.7. The molecule has 0 atom stereocenters. The zero-order valence-electron chi connectivity index (χ0n) is 65.1. The third kappa shape index (κ3) is 9.17. The van der Waals surface area contributed by atoms with Gasteiger partial charge in [-0.15, -0.1) is 34.0 Å². The number of nitrogens with zero attached hydrogens (tertiary/aromatic N) is 9. The van der Waals surface area contributed by atoms with Crippen molar-refractivity contribution in [3.05, 3.63) is 346 Å². The molecule has 0 saturated heterocycles. The molecule has 13 heteroatoms. The quantitative estimate of drug-likeness (QED) is 0.174.